The molecule has 8 heteroatoms. The van der Waals surface area contributed by atoms with E-state index in [1.807, 2.05) is 19.9 Å². The third-order valence-electron chi connectivity index (χ3n) is 9.41. The number of ketones is 2. The molecule has 1 amide bonds. The number of carbonyl (C=O) groups is 3. The molecule has 0 saturated heterocycles. The van der Waals surface area contributed by atoms with Crippen LogP contribution < -0.4 is 5.73 Å². The molecule has 4 aliphatic rings. The zero-order chi connectivity index (χ0) is 28.0. The number of rotatable bonds is 12. The number of nitrogens with zero attached hydrogens (tertiary/aromatic N) is 1. The van der Waals surface area contributed by atoms with Gasteiger partial charge in [0, 0.05) is 31.8 Å². The highest BCUT2D eigenvalue weighted by atomic mass is 16.3. The van der Waals surface area contributed by atoms with Crippen LogP contribution in [-0.2, 0) is 22.6 Å². The third-order valence-corrected chi connectivity index (χ3v) is 9.41. The zero-order valence-corrected chi connectivity index (χ0v) is 23.1. The summed E-state index contributed by atoms with van der Waals surface area (Å²) >= 11 is 0. The minimum absolute atomic E-state index is 0.0165. The van der Waals surface area contributed by atoms with E-state index in [2.05, 4.69) is 4.90 Å². The fourth-order valence-electron chi connectivity index (χ4n) is 7.05. The normalized spacial score (nSPS) is 25.6. The summed E-state index contributed by atoms with van der Waals surface area (Å²) in [6, 6.07) is 3.49. The van der Waals surface area contributed by atoms with Crippen LogP contribution in [0.25, 0.3) is 0 Å². The fraction of sp³-hybridized carbons (Fsp3) is 0.645. The van der Waals surface area contributed by atoms with Gasteiger partial charge in [-0.2, -0.15) is 0 Å². The van der Waals surface area contributed by atoms with Crippen LogP contribution in [-0.4, -0.2) is 57.4 Å². The Balaban J connectivity index is 1.53. The Bertz CT molecular complexity index is 1170. The number of aromatic hydroxyl groups is 1. The molecule has 0 spiro atoms. The van der Waals surface area contributed by atoms with E-state index in [0.29, 0.717) is 12.8 Å². The Morgan fingerprint density at radius 1 is 1.08 bits per heavy atom. The van der Waals surface area contributed by atoms with Crippen LogP contribution in [0, 0.1) is 41.4 Å². The smallest absolute Gasteiger partial charge is 0.224 e. The Kier molecular flexibility index (Phi) is 7.89. The molecule has 0 heterocycles. The largest absolute Gasteiger partial charge is 0.511 e. The van der Waals surface area contributed by atoms with Gasteiger partial charge in [0.15, 0.2) is 11.6 Å². The highest BCUT2D eigenvalue weighted by Crippen LogP contribution is 2.49. The van der Waals surface area contributed by atoms with Crippen molar-refractivity contribution in [3.05, 3.63) is 40.2 Å². The fourth-order valence-corrected chi connectivity index (χ4v) is 7.05. The number of aliphatic hydroxyl groups is 2. The number of carbonyl (C=O) groups excluding carboxylic acids is 3. The van der Waals surface area contributed by atoms with Gasteiger partial charge in [0.2, 0.25) is 5.91 Å². The van der Waals surface area contributed by atoms with Gasteiger partial charge in [0.05, 0.1) is 17.9 Å². The summed E-state index contributed by atoms with van der Waals surface area (Å²) in [5, 5.41) is 32.5. The summed E-state index contributed by atoms with van der Waals surface area (Å²) in [6.45, 7) is 6.56. The molecule has 2 fully saturated rings. The lowest BCUT2D eigenvalue weighted by atomic mass is 9.61. The van der Waals surface area contributed by atoms with E-state index in [0.717, 1.165) is 42.6 Å². The number of primary amides is 1. The summed E-state index contributed by atoms with van der Waals surface area (Å²) in [5.41, 5.74) is 7.54. The third kappa shape index (κ3) is 5.78. The van der Waals surface area contributed by atoms with Crippen molar-refractivity contribution in [3.63, 3.8) is 0 Å². The maximum absolute atomic E-state index is 13.9. The first-order valence-corrected chi connectivity index (χ1v) is 14.5. The van der Waals surface area contributed by atoms with Crippen LogP contribution in [0.1, 0.15) is 73.9 Å². The Morgan fingerprint density at radius 2 is 1.72 bits per heavy atom. The lowest BCUT2D eigenvalue weighted by Crippen LogP contribution is -2.44. The van der Waals surface area contributed by atoms with E-state index in [-0.39, 0.29) is 47.0 Å². The van der Waals surface area contributed by atoms with Crippen LogP contribution in [0.15, 0.2) is 23.5 Å². The number of allylic oxidation sites excluding steroid dienone is 2. The first-order chi connectivity index (χ1) is 18.6. The molecule has 39 heavy (non-hydrogen) atoms. The van der Waals surface area contributed by atoms with E-state index in [1.165, 1.54) is 25.7 Å². The summed E-state index contributed by atoms with van der Waals surface area (Å²) < 4.78 is 0. The number of hydrogen-bond donors (Lipinski definition) is 4. The van der Waals surface area contributed by atoms with Gasteiger partial charge in [0.25, 0.3) is 0 Å². The number of amides is 1. The molecule has 0 aromatic heterocycles. The number of hydrogen-bond acceptors (Lipinski definition) is 7. The van der Waals surface area contributed by atoms with E-state index in [9.17, 15) is 29.7 Å². The first-order valence-electron chi connectivity index (χ1n) is 14.5. The predicted molar refractivity (Wildman–Crippen MR) is 146 cm³/mol. The van der Waals surface area contributed by atoms with Gasteiger partial charge in [-0.1, -0.05) is 19.9 Å². The lowest BCUT2D eigenvalue weighted by Gasteiger charge is -2.43. The van der Waals surface area contributed by atoms with E-state index < -0.39 is 35.7 Å². The van der Waals surface area contributed by atoms with Gasteiger partial charge >= 0.3 is 0 Å². The van der Waals surface area contributed by atoms with Crippen LogP contribution in [0.4, 0.5) is 0 Å². The average molecular weight is 539 g/mol. The summed E-state index contributed by atoms with van der Waals surface area (Å²) in [5.74, 6) is -2.91. The first kappa shape index (κ1) is 27.8. The SMILES string of the molecule is CC(C)C(CO)C1CC2Cc3c(CN(CC4CC4)CC4CC4)ccc(O)c3C(=O)C2=C(O)C1C(=O)CC(N)=O. The van der Waals surface area contributed by atoms with E-state index in [1.54, 1.807) is 6.07 Å². The minimum Gasteiger partial charge on any atom is -0.511 e. The van der Waals surface area contributed by atoms with Crippen LogP contribution in [0.2, 0.25) is 0 Å². The topological polar surface area (TPSA) is 141 Å². The molecule has 0 aliphatic heterocycles. The monoisotopic (exact) mass is 538 g/mol. The molecule has 5 rings (SSSR count). The van der Waals surface area contributed by atoms with Crippen molar-refractivity contribution in [3.8, 4) is 5.75 Å². The van der Waals surface area contributed by atoms with Crippen molar-refractivity contribution in [1.82, 2.24) is 4.90 Å². The number of phenols is 1. The summed E-state index contributed by atoms with van der Waals surface area (Å²) in [4.78, 5) is 41.2. The summed E-state index contributed by atoms with van der Waals surface area (Å²) in [6.07, 6.45) is 5.41. The van der Waals surface area contributed by atoms with Crippen molar-refractivity contribution in [2.45, 2.75) is 65.3 Å². The quantitative estimate of drug-likeness (QED) is 0.298. The van der Waals surface area contributed by atoms with Gasteiger partial charge in [-0.05, 0) is 91.2 Å². The molecule has 2 saturated carbocycles. The van der Waals surface area contributed by atoms with Gasteiger partial charge in [-0.25, -0.2) is 0 Å². The predicted octanol–water partition coefficient (Wildman–Crippen LogP) is 3.53. The minimum atomic E-state index is -1.09. The maximum atomic E-state index is 13.9. The number of phenolic OH excluding ortho intramolecular Hbond substituents is 1. The second-order valence-corrected chi connectivity index (χ2v) is 12.8. The molecule has 1 aromatic carbocycles. The zero-order valence-electron chi connectivity index (χ0n) is 23.1. The number of benzene rings is 1. The average Bonchev–Trinajstić information content (AvgIpc) is 3.78. The van der Waals surface area contributed by atoms with Crippen molar-refractivity contribution < 1.29 is 29.7 Å². The molecule has 212 valence electrons. The highest BCUT2D eigenvalue weighted by molar-refractivity contribution is 6.14. The van der Waals surface area contributed by atoms with Gasteiger partial charge in [-0.3, -0.25) is 19.3 Å². The van der Waals surface area contributed by atoms with E-state index in [4.69, 9.17) is 5.73 Å². The number of fused-ring (bicyclic) bond motifs is 2. The summed E-state index contributed by atoms with van der Waals surface area (Å²) in [7, 11) is 0. The molecule has 5 N–H and O–H groups in total. The number of nitrogens with two attached hydrogens (primary N) is 1. The Hall–Kier alpha value is -2.71. The molecule has 1 aromatic rings. The highest BCUT2D eigenvalue weighted by Gasteiger charge is 2.49. The molecule has 0 bridgehead atoms. The van der Waals surface area contributed by atoms with Crippen molar-refractivity contribution >= 4 is 17.5 Å². The van der Waals surface area contributed by atoms with Gasteiger partial charge in [0.1, 0.15) is 11.5 Å². The molecule has 8 nitrogen and oxygen atoms in total. The number of Topliss-reactive ketones (excluding diaryl/α,β-unsaturated/α-hetero) is 2. The molecular formula is C31H42N2O6. The van der Waals surface area contributed by atoms with Crippen molar-refractivity contribution in [1.29, 1.82) is 0 Å². The Morgan fingerprint density at radius 3 is 2.26 bits per heavy atom. The molecule has 0 radical (unpaired) electrons. The van der Waals surface area contributed by atoms with Crippen molar-refractivity contribution in [2.24, 2.45) is 47.2 Å². The molecular weight excluding hydrogens is 496 g/mol. The van der Waals surface area contributed by atoms with Crippen LogP contribution in [0.5, 0.6) is 5.75 Å². The van der Waals surface area contributed by atoms with Crippen molar-refractivity contribution in [2.75, 3.05) is 19.7 Å². The lowest BCUT2D eigenvalue weighted by molar-refractivity contribution is -0.131. The van der Waals surface area contributed by atoms with Crippen LogP contribution >= 0.6 is 0 Å². The standard InChI is InChI=1S/C31H42N2O6/c1-16(2)23(15-34)22-10-20-9-21-19(14-33(12-17-3-4-17)13-18-5-6-18)7-8-24(35)28(21)30(38)27(20)31(39)29(22)25(36)11-26(32)37/h7-8,16-18,20,22-23,29,34-35,39H,3-6,9-15H2,1-2H3,(H2,32,37). The second kappa shape index (κ2) is 11.0. The molecule has 4 aliphatic carbocycles. The number of aliphatic hydroxyl groups excluding tert-OH is 2. The Labute approximate surface area is 230 Å². The maximum Gasteiger partial charge on any atom is 0.224 e. The van der Waals surface area contributed by atoms with Crippen LogP contribution in [0.3, 0.4) is 0 Å². The molecule has 4 atom stereocenters. The molecule has 4 unspecified atom stereocenters. The van der Waals surface area contributed by atoms with Gasteiger partial charge in [-0.15, -0.1) is 0 Å². The van der Waals surface area contributed by atoms with E-state index >= 15 is 0 Å². The van der Waals surface area contributed by atoms with Gasteiger partial charge < -0.3 is 21.1 Å². The second-order valence-electron chi connectivity index (χ2n) is 12.8.